The van der Waals surface area contributed by atoms with E-state index in [1.54, 1.807) is 38.5 Å². The van der Waals surface area contributed by atoms with Crippen LogP contribution in [0.3, 0.4) is 0 Å². The van der Waals surface area contributed by atoms with E-state index in [-0.39, 0.29) is 49.1 Å². The number of aldehydes is 1. The molecule has 3 unspecified atom stereocenters. The molecule has 0 saturated heterocycles. The van der Waals surface area contributed by atoms with Crippen LogP contribution in [0.5, 0.6) is 23.0 Å². The Morgan fingerprint density at radius 1 is 1.11 bits per heavy atom. The van der Waals surface area contributed by atoms with Crippen molar-refractivity contribution in [2.45, 2.75) is 44.4 Å². The molecule has 12 heteroatoms. The highest BCUT2D eigenvalue weighted by atomic mass is 127. The van der Waals surface area contributed by atoms with Gasteiger partial charge in [-0.15, -0.1) is 0 Å². The number of methoxy groups -OCH3 is 3. The molecular weight excluding hydrogens is 683 g/mol. The van der Waals surface area contributed by atoms with Gasteiger partial charge in [0.25, 0.3) is 0 Å². The third-order valence-electron chi connectivity index (χ3n) is 7.15. The summed E-state index contributed by atoms with van der Waals surface area (Å²) in [5.74, 6) is 1.02. The summed E-state index contributed by atoms with van der Waals surface area (Å²) in [5.41, 5.74) is 1.47. The minimum absolute atomic E-state index is 0.0330. The average molecular weight is 723 g/mol. The number of ether oxygens (including phenoxy) is 4. The van der Waals surface area contributed by atoms with Crippen molar-refractivity contribution in [1.82, 2.24) is 10.2 Å². The van der Waals surface area contributed by atoms with Gasteiger partial charge in [0.1, 0.15) is 30.0 Å². The van der Waals surface area contributed by atoms with Gasteiger partial charge < -0.3 is 39.4 Å². The third kappa shape index (κ3) is 8.73. The Morgan fingerprint density at radius 2 is 1.86 bits per heavy atom. The summed E-state index contributed by atoms with van der Waals surface area (Å²) in [6.45, 7) is 1.88. The number of hydrogen-bond donors (Lipinski definition) is 3. The number of carbonyl (C=O) groups is 3. The van der Waals surface area contributed by atoms with Crippen molar-refractivity contribution in [2.24, 2.45) is 0 Å². The van der Waals surface area contributed by atoms with Gasteiger partial charge in [-0.3, -0.25) is 14.4 Å². The number of aliphatic hydroxyl groups is 2. The van der Waals surface area contributed by atoms with E-state index in [1.165, 1.54) is 30.2 Å². The fourth-order valence-electron chi connectivity index (χ4n) is 4.91. The molecule has 0 bridgehead atoms. The second-order valence-electron chi connectivity index (χ2n) is 9.94. The molecule has 0 saturated carbocycles. The van der Waals surface area contributed by atoms with Crippen molar-refractivity contribution < 1.29 is 43.5 Å². The lowest BCUT2D eigenvalue weighted by Gasteiger charge is -2.40. The topological polar surface area (TPSA) is 144 Å². The Kier molecular flexibility index (Phi) is 13.5. The molecule has 0 heterocycles. The monoisotopic (exact) mass is 722 g/mol. The maximum atomic E-state index is 13.6. The Bertz CT molecular complexity index is 1380. The molecule has 0 aliphatic heterocycles. The molecule has 238 valence electrons. The molecule has 1 aliphatic carbocycles. The number of rotatable bonds is 15. The van der Waals surface area contributed by atoms with Crippen LogP contribution in [0.4, 0.5) is 0 Å². The van der Waals surface area contributed by atoms with E-state index in [0.29, 0.717) is 39.8 Å². The van der Waals surface area contributed by atoms with Gasteiger partial charge in [0, 0.05) is 30.6 Å². The number of hydrogen-bond acceptors (Lipinski definition) is 9. The second kappa shape index (κ2) is 17.0. The van der Waals surface area contributed by atoms with E-state index in [2.05, 4.69) is 5.32 Å². The highest BCUT2D eigenvalue weighted by molar-refractivity contribution is 14.1. The molecule has 3 atom stereocenters. The predicted octanol–water partition coefficient (Wildman–Crippen LogP) is 3.08. The van der Waals surface area contributed by atoms with Crippen LogP contribution in [0.15, 0.2) is 54.1 Å². The summed E-state index contributed by atoms with van der Waals surface area (Å²) >= 11 is 2.01. The number of halogens is 1. The smallest absolute Gasteiger partial charge is 0.247 e. The van der Waals surface area contributed by atoms with E-state index in [1.807, 2.05) is 35.6 Å². The first-order chi connectivity index (χ1) is 21.2. The first-order valence-corrected chi connectivity index (χ1v) is 15.2. The zero-order chi connectivity index (χ0) is 32.2. The maximum Gasteiger partial charge on any atom is 0.247 e. The number of carbonyl (C=O) groups excluding carboxylic acids is 3. The first-order valence-electron chi connectivity index (χ1n) is 14.2. The van der Waals surface area contributed by atoms with Crippen molar-refractivity contribution in [1.29, 1.82) is 0 Å². The molecule has 3 N–H and O–H groups in total. The normalized spacial score (nSPS) is 17.9. The minimum atomic E-state index is -1.25. The molecule has 0 fully saturated rings. The minimum Gasteiger partial charge on any atom is -0.497 e. The van der Waals surface area contributed by atoms with Crippen LogP contribution < -0.4 is 24.3 Å². The van der Waals surface area contributed by atoms with Crippen LogP contribution in [0.1, 0.15) is 35.7 Å². The number of benzene rings is 2. The number of amides is 2. The van der Waals surface area contributed by atoms with E-state index in [4.69, 9.17) is 18.9 Å². The molecule has 44 heavy (non-hydrogen) atoms. The van der Waals surface area contributed by atoms with E-state index in [9.17, 15) is 24.6 Å². The Labute approximate surface area is 271 Å². The van der Waals surface area contributed by atoms with Crippen LogP contribution in [0.2, 0.25) is 0 Å². The Balaban J connectivity index is 2.04. The van der Waals surface area contributed by atoms with E-state index in [0.717, 1.165) is 5.56 Å². The van der Waals surface area contributed by atoms with Gasteiger partial charge in [-0.25, -0.2) is 0 Å². The van der Waals surface area contributed by atoms with Gasteiger partial charge in [-0.1, -0.05) is 13.0 Å². The van der Waals surface area contributed by atoms with Crippen LogP contribution in [0.25, 0.3) is 0 Å². The summed E-state index contributed by atoms with van der Waals surface area (Å²) in [6.07, 6.45) is 4.13. The molecule has 2 aromatic rings. The van der Waals surface area contributed by atoms with Crippen molar-refractivity contribution >= 4 is 40.7 Å². The third-order valence-corrected chi connectivity index (χ3v) is 7.95. The molecule has 11 nitrogen and oxygen atoms in total. The SMILES string of the molecule is CCC=CC(=O)N(CCc1cc(OC)ccc1OC)C1CC(C(=O)NCCO)=CC(Oc2c(I)cc(C=O)cc2OC)C1O. The second-order valence-corrected chi connectivity index (χ2v) is 11.1. The summed E-state index contributed by atoms with van der Waals surface area (Å²) in [6, 6.07) is 7.67. The largest absolute Gasteiger partial charge is 0.497 e. The Morgan fingerprint density at radius 3 is 2.50 bits per heavy atom. The standard InChI is InChI=1S/C32H39IN2O9/c1-5-6-7-29(38)35(12-10-21-16-23(41-2)8-9-26(21)42-3)25-17-22(32(40)34-11-13-36)18-27(30(25)39)44-31-24(33)14-20(19-37)15-28(31)43-4/h6-9,14-16,18-19,25,27,30,36,39H,5,10-13,17H2,1-4H3,(H,34,40). The van der Waals surface area contributed by atoms with Crippen molar-refractivity contribution in [2.75, 3.05) is 41.0 Å². The lowest BCUT2D eigenvalue weighted by molar-refractivity contribution is -0.133. The van der Waals surface area contributed by atoms with Crippen molar-refractivity contribution in [3.05, 3.63) is 68.8 Å². The highest BCUT2D eigenvalue weighted by Crippen LogP contribution is 2.37. The van der Waals surface area contributed by atoms with E-state index < -0.39 is 24.2 Å². The van der Waals surface area contributed by atoms with Gasteiger partial charge in [0.15, 0.2) is 11.5 Å². The summed E-state index contributed by atoms with van der Waals surface area (Å²) in [4.78, 5) is 39.7. The van der Waals surface area contributed by atoms with E-state index >= 15 is 0 Å². The fraction of sp³-hybridized carbons (Fsp3) is 0.406. The number of aliphatic hydroxyl groups excluding tert-OH is 2. The maximum absolute atomic E-state index is 13.6. The van der Waals surface area contributed by atoms with Gasteiger partial charge in [0.05, 0.1) is 37.5 Å². The summed E-state index contributed by atoms with van der Waals surface area (Å²) in [7, 11) is 4.56. The molecule has 3 rings (SSSR count). The quantitative estimate of drug-likeness (QED) is 0.144. The number of allylic oxidation sites excluding steroid dienone is 1. The molecule has 0 radical (unpaired) electrons. The molecule has 0 aromatic heterocycles. The molecule has 2 amide bonds. The number of nitrogens with one attached hydrogen (secondary N) is 1. The van der Waals surface area contributed by atoms with Crippen LogP contribution >= 0.6 is 22.6 Å². The fourth-order valence-corrected chi connectivity index (χ4v) is 5.66. The zero-order valence-corrected chi connectivity index (χ0v) is 27.4. The zero-order valence-electron chi connectivity index (χ0n) is 25.2. The molecular formula is C32H39IN2O9. The van der Waals surface area contributed by atoms with Crippen LogP contribution in [-0.2, 0) is 16.0 Å². The first kappa shape index (κ1) is 34.9. The van der Waals surface area contributed by atoms with Crippen molar-refractivity contribution in [3.63, 3.8) is 0 Å². The molecule has 1 aliphatic rings. The average Bonchev–Trinajstić information content (AvgIpc) is 3.04. The van der Waals surface area contributed by atoms with Gasteiger partial charge >= 0.3 is 0 Å². The van der Waals surface area contributed by atoms with Crippen LogP contribution in [0, 0.1) is 3.57 Å². The van der Waals surface area contributed by atoms with Crippen molar-refractivity contribution in [3.8, 4) is 23.0 Å². The lowest BCUT2D eigenvalue weighted by atomic mass is 9.87. The predicted molar refractivity (Wildman–Crippen MR) is 172 cm³/mol. The van der Waals surface area contributed by atoms with Gasteiger partial charge in [-0.2, -0.15) is 0 Å². The Hall–Kier alpha value is -3.62. The lowest BCUT2D eigenvalue weighted by Crippen LogP contribution is -2.55. The summed E-state index contributed by atoms with van der Waals surface area (Å²) < 4.78 is 23.2. The van der Waals surface area contributed by atoms with Crippen LogP contribution in [-0.4, -0.2) is 92.5 Å². The molecule has 0 spiro atoms. The number of nitrogens with zero attached hydrogens (tertiary/aromatic N) is 1. The van der Waals surface area contributed by atoms with Gasteiger partial charge in [-0.05, 0) is 83.5 Å². The van der Waals surface area contributed by atoms with Gasteiger partial charge in [0.2, 0.25) is 11.8 Å². The highest BCUT2D eigenvalue weighted by Gasteiger charge is 2.40. The molecule has 2 aromatic carbocycles. The summed E-state index contributed by atoms with van der Waals surface area (Å²) in [5, 5.41) is 23.7.